The second kappa shape index (κ2) is 10.5. The summed E-state index contributed by atoms with van der Waals surface area (Å²) in [5, 5.41) is 3.93. The van der Waals surface area contributed by atoms with Crippen LogP contribution in [0.25, 0.3) is 0 Å². The maximum atomic E-state index is 11.9. The quantitative estimate of drug-likeness (QED) is 0.446. The number of ether oxygens (including phenoxy) is 3. The van der Waals surface area contributed by atoms with Crippen molar-refractivity contribution >= 4 is 12.1 Å². The molecule has 1 N–H and O–H groups in total. The van der Waals surface area contributed by atoms with Gasteiger partial charge in [-0.2, -0.15) is 5.10 Å². The van der Waals surface area contributed by atoms with Gasteiger partial charge in [-0.05, 0) is 42.0 Å². The molecule has 0 aromatic heterocycles. The Balaban J connectivity index is 1.42. The minimum absolute atomic E-state index is 0.145. The largest absolute Gasteiger partial charge is 0.496 e. The molecule has 0 fully saturated rings. The van der Waals surface area contributed by atoms with Crippen molar-refractivity contribution in [2.24, 2.45) is 5.10 Å². The molecule has 0 saturated carbocycles. The van der Waals surface area contributed by atoms with Crippen LogP contribution in [-0.4, -0.2) is 25.8 Å². The highest BCUT2D eigenvalue weighted by molar-refractivity contribution is 5.85. The van der Waals surface area contributed by atoms with E-state index in [1.807, 2.05) is 54.6 Å². The van der Waals surface area contributed by atoms with Crippen LogP contribution in [0.5, 0.6) is 17.2 Å². The molecule has 148 valence electrons. The van der Waals surface area contributed by atoms with Gasteiger partial charge in [0, 0.05) is 5.56 Å². The summed E-state index contributed by atoms with van der Waals surface area (Å²) in [6.45, 7) is 0.348. The highest BCUT2D eigenvalue weighted by Gasteiger charge is 2.03. The van der Waals surface area contributed by atoms with Crippen LogP contribution in [-0.2, 0) is 11.4 Å². The number of hydrazone groups is 1. The average molecular weight is 390 g/mol. The van der Waals surface area contributed by atoms with Crippen LogP contribution in [0.2, 0.25) is 0 Å². The van der Waals surface area contributed by atoms with Crippen molar-refractivity contribution < 1.29 is 19.0 Å². The fourth-order valence-corrected chi connectivity index (χ4v) is 2.50. The molecule has 0 aliphatic heterocycles. The van der Waals surface area contributed by atoms with E-state index < -0.39 is 0 Å². The normalized spacial score (nSPS) is 10.5. The van der Waals surface area contributed by atoms with Gasteiger partial charge in [-0.1, -0.05) is 42.5 Å². The lowest BCUT2D eigenvalue weighted by Gasteiger charge is -2.08. The maximum absolute atomic E-state index is 11.9. The first kappa shape index (κ1) is 19.9. The second-order valence-corrected chi connectivity index (χ2v) is 6.07. The van der Waals surface area contributed by atoms with Crippen LogP contribution < -0.4 is 19.6 Å². The van der Waals surface area contributed by atoms with Crippen LogP contribution in [0.15, 0.2) is 84.0 Å². The molecule has 3 aromatic rings. The van der Waals surface area contributed by atoms with Crippen molar-refractivity contribution in [1.29, 1.82) is 0 Å². The fourth-order valence-electron chi connectivity index (χ4n) is 2.50. The highest BCUT2D eigenvalue weighted by atomic mass is 16.5. The Bertz CT molecular complexity index is 941. The van der Waals surface area contributed by atoms with Gasteiger partial charge < -0.3 is 14.2 Å². The van der Waals surface area contributed by atoms with Crippen LogP contribution >= 0.6 is 0 Å². The van der Waals surface area contributed by atoms with Gasteiger partial charge in [-0.15, -0.1) is 0 Å². The van der Waals surface area contributed by atoms with E-state index in [1.165, 1.54) is 6.21 Å². The minimum atomic E-state index is -0.361. The molecule has 29 heavy (non-hydrogen) atoms. The van der Waals surface area contributed by atoms with E-state index in [-0.39, 0.29) is 12.5 Å². The summed E-state index contributed by atoms with van der Waals surface area (Å²) >= 11 is 0. The van der Waals surface area contributed by atoms with Gasteiger partial charge in [0.1, 0.15) is 23.9 Å². The van der Waals surface area contributed by atoms with Gasteiger partial charge in [0.05, 0.1) is 13.3 Å². The van der Waals surface area contributed by atoms with Gasteiger partial charge in [0.15, 0.2) is 6.61 Å². The highest BCUT2D eigenvalue weighted by Crippen LogP contribution is 2.18. The van der Waals surface area contributed by atoms with Crippen molar-refractivity contribution in [2.75, 3.05) is 13.7 Å². The zero-order valence-electron chi connectivity index (χ0n) is 16.1. The number of nitrogens with zero attached hydrogens (tertiary/aromatic N) is 1. The van der Waals surface area contributed by atoms with Crippen molar-refractivity contribution in [2.45, 2.75) is 6.61 Å². The van der Waals surface area contributed by atoms with Crippen LogP contribution in [0.3, 0.4) is 0 Å². The first-order valence-corrected chi connectivity index (χ1v) is 9.09. The topological polar surface area (TPSA) is 69.2 Å². The molecule has 0 atom stereocenters. The summed E-state index contributed by atoms with van der Waals surface area (Å²) in [5.74, 6) is 1.62. The number of hydrogen-bond donors (Lipinski definition) is 1. The molecule has 3 rings (SSSR count). The molecule has 1 amide bonds. The summed E-state index contributed by atoms with van der Waals surface area (Å²) in [4.78, 5) is 11.9. The minimum Gasteiger partial charge on any atom is -0.496 e. The molecule has 0 aliphatic carbocycles. The molecule has 0 radical (unpaired) electrons. The molecule has 0 unspecified atom stereocenters. The standard InChI is InChI=1S/C23H22N2O4/c1-27-22-10-6-5-9-19(22)15-24-25-23(26)17-29-21-13-11-20(12-14-21)28-16-18-7-3-2-4-8-18/h2-15H,16-17H2,1H3,(H,25,26)/b24-15+. The predicted molar refractivity (Wildman–Crippen MR) is 111 cm³/mol. The molecule has 3 aromatic carbocycles. The predicted octanol–water partition coefficient (Wildman–Crippen LogP) is 3.80. The first-order valence-electron chi connectivity index (χ1n) is 9.09. The number of carbonyl (C=O) groups excluding carboxylic acids is 1. The SMILES string of the molecule is COc1ccccc1/C=N/NC(=O)COc1ccc(OCc2ccccc2)cc1. The third kappa shape index (κ3) is 6.39. The van der Waals surface area contributed by atoms with Gasteiger partial charge in [-0.25, -0.2) is 5.43 Å². The van der Waals surface area contributed by atoms with Crippen molar-refractivity contribution in [3.8, 4) is 17.2 Å². The lowest BCUT2D eigenvalue weighted by atomic mass is 10.2. The Morgan fingerprint density at radius 1 is 0.897 bits per heavy atom. The van der Waals surface area contributed by atoms with Crippen LogP contribution in [0, 0.1) is 0 Å². The van der Waals surface area contributed by atoms with E-state index in [4.69, 9.17) is 14.2 Å². The Hall–Kier alpha value is -3.80. The lowest BCUT2D eigenvalue weighted by molar-refractivity contribution is -0.123. The summed E-state index contributed by atoms with van der Waals surface area (Å²) < 4.78 is 16.4. The fraction of sp³-hybridized carbons (Fsp3) is 0.130. The number of methoxy groups -OCH3 is 1. The Morgan fingerprint density at radius 2 is 1.55 bits per heavy atom. The molecule has 0 bridgehead atoms. The molecular weight excluding hydrogens is 368 g/mol. The van der Waals surface area contributed by atoms with Crippen molar-refractivity contribution in [3.05, 3.63) is 90.0 Å². The Morgan fingerprint density at radius 3 is 2.28 bits per heavy atom. The number of amides is 1. The zero-order valence-corrected chi connectivity index (χ0v) is 16.1. The smallest absolute Gasteiger partial charge is 0.277 e. The van der Waals surface area contributed by atoms with E-state index in [0.29, 0.717) is 18.1 Å². The van der Waals surface area contributed by atoms with E-state index in [9.17, 15) is 4.79 Å². The summed E-state index contributed by atoms with van der Waals surface area (Å²) in [6.07, 6.45) is 1.52. The van der Waals surface area contributed by atoms with E-state index in [0.717, 1.165) is 16.9 Å². The number of rotatable bonds is 9. The first-order chi connectivity index (χ1) is 14.2. The van der Waals surface area contributed by atoms with Gasteiger partial charge in [0.2, 0.25) is 0 Å². The van der Waals surface area contributed by atoms with E-state index >= 15 is 0 Å². The third-order valence-electron chi connectivity index (χ3n) is 3.97. The number of nitrogens with one attached hydrogen (secondary N) is 1. The number of carbonyl (C=O) groups is 1. The van der Waals surface area contributed by atoms with Gasteiger partial charge in [-0.3, -0.25) is 4.79 Å². The molecular formula is C23H22N2O4. The monoisotopic (exact) mass is 390 g/mol. The summed E-state index contributed by atoms with van der Waals surface area (Å²) in [7, 11) is 1.58. The number of hydrogen-bond acceptors (Lipinski definition) is 5. The van der Waals surface area contributed by atoms with Crippen LogP contribution in [0.1, 0.15) is 11.1 Å². The molecule has 0 spiro atoms. The van der Waals surface area contributed by atoms with E-state index in [1.54, 1.807) is 31.4 Å². The number of para-hydroxylation sites is 1. The van der Waals surface area contributed by atoms with Crippen molar-refractivity contribution in [1.82, 2.24) is 5.43 Å². The molecule has 0 saturated heterocycles. The third-order valence-corrected chi connectivity index (χ3v) is 3.97. The van der Waals surface area contributed by atoms with Crippen LogP contribution in [0.4, 0.5) is 0 Å². The molecule has 6 nitrogen and oxygen atoms in total. The number of benzene rings is 3. The maximum Gasteiger partial charge on any atom is 0.277 e. The molecule has 6 heteroatoms. The molecule has 0 heterocycles. The lowest BCUT2D eigenvalue weighted by Crippen LogP contribution is -2.24. The van der Waals surface area contributed by atoms with Gasteiger partial charge in [0.25, 0.3) is 5.91 Å². The Labute approximate surface area is 169 Å². The molecule has 0 aliphatic rings. The van der Waals surface area contributed by atoms with E-state index in [2.05, 4.69) is 10.5 Å². The Kier molecular flexibility index (Phi) is 7.23. The second-order valence-electron chi connectivity index (χ2n) is 6.07. The summed E-state index contributed by atoms with van der Waals surface area (Å²) in [5.41, 5.74) is 4.29. The van der Waals surface area contributed by atoms with Crippen molar-refractivity contribution in [3.63, 3.8) is 0 Å². The zero-order chi connectivity index (χ0) is 20.3. The summed E-state index contributed by atoms with van der Waals surface area (Å²) in [6, 6.07) is 24.4. The van der Waals surface area contributed by atoms with Gasteiger partial charge >= 0.3 is 0 Å². The average Bonchev–Trinajstić information content (AvgIpc) is 2.78.